The van der Waals surface area contributed by atoms with Gasteiger partial charge in [0.05, 0.1) is 0 Å². The van der Waals surface area contributed by atoms with Gasteiger partial charge in [-0.3, -0.25) is 0 Å². The molecule has 0 saturated heterocycles. The van der Waals surface area contributed by atoms with Gasteiger partial charge in [-0.1, -0.05) is 30.7 Å². The van der Waals surface area contributed by atoms with Crippen LogP contribution in [0.15, 0.2) is 18.2 Å². The second-order valence-corrected chi connectivity index (χ2v) is 3.80. The molecule has 0 heterocycles. The molecular formula is C12H19N. The molecular weight excluding hydrogens is 158 g/mol. The Morgan fingerprint density at radius 1 is 1.31 bits per heavy atom. The third kappa shape index (κ3) is 2.85. The van der Waals surface area contributed by atoms with Crippen LogP contribution in [0.1, 0.15) is 30.0 Å². The summed E-state index contributed by atoms with van der Waals surface area (Å²) in [7, 11) is 0. The lowest BCUT2D eigenvalue weighted by molar-refractivity contribution is 0.644. The highest BCUT2D eigenvalue weighted by atomic mass is 14.6. The molecule has 0 bridgehead atoms. The fourth-order valence-electron chi connectivity index (χ4n) is 1.45. The SMILES string of the molecule is CC[C@@H](N)Cc1cc(C)ccc1C. The molecule has 0 spiro atoms. The van der Waals surface area contributed by atoms with Crippen LogP contribution < -0.4 is 5.73 Å². The van der Waals surface area contributed by atoms with Gasteiger partial charge < -0.3 is 5.73 Å². The van der Waals surface area contributed by atoms with Gasteiger partial charge in [-0.15, -0.1) is 0 Å². The summed E-state index contributed by atoms with van der Waals surface area (Å²) >= 11 is 0. The lowest BCUT2D eigenvalue weighted by atomic mass is 9.98. The van der Waals surface area contributed by atoms with Crippen molar-refractivity contribution in [3.05, 3.63) is 34.9 Å². The zero-order valence-corrected chi connectivity index (χ0v) is 8.80. The van der Waals surface area contributed by atoms with Crippen molar-refractivity contribution in [3.8, 4) is 0 Å². The number of hydrogen-bond donors (Lipinski definition) is 1. The zero-order chi connectivity index (χ0) is 9.84. The van der Waals surface area contributed by atoms with Crippen molar-refractivity contribution in [2.24, 2.45) is 5.73 Å². The van der Waals surface area contributed by atoms with Gasteiger partial charge in [0.2, 0.25) is 0 Å². The van der Waals surface area contributed by atoms with Crippen LogP contribution >= 0.6 is 0 Å². The smallest absolute Gasteiger partial charge is 0.00767 e. The minimum absolute atomic E-state index is 0.306. The molecule has 1 aromatic rings. The average Bonchev–Trinajstić information content (AvgIpc) is 2.11. The van der Waals surface area contributed by atoms with E-state index in [4.69, 9.17) is 5.73 Å². The maximum Gasteiger partial charge on any atom is 0.00767 e. The normalized spacial score (nSPS) is 12.9. The monoisotopic (exact) mass is 177 g/mol. The molecule has 0 unspecified atom stereocenters. The van der Waals surface area contributed by atoms with Crippen LogP contribution in [-0.2, 0) is 6.42 Å². The van der Waals surface area contributed by atoms with Crippen molar-refractivity contribution in [3.63, 3.8) is 0 Å². The van der Waals surface area contributed by atoms with Gasteiger partial charge in [0.25, 0.3) is 0 Å². The maximum absolute atomic E-state index is 5.92. The summed E-state index contributed by atoms with van der Waals surface area (Å²) < 4.78 is 0. The van der Waals surface area contributed by atoms with E-state index in [-0.39, 0.29) is 0 Å². The highest BCUT2D eigenvalue weighted by molar-refractivity contribution is 5.31. The molecule has 1 heteroatoms. The summed E-state index contributed by atoms with van der Waals surface area (Å²) in [5, 5.41) is 0. The first kappa shape index (κ1) is 10.3. The zero-order valence-electron chi connectivity index (χ0n) is 8.80. The maximum atomic E-state index is 5.92. The lowest BCUT2D eigenvalue weighted by Crippen LogP contribution is -2.21. The van der Waals surface area contributed by atoms with E-state index in [9.17, 15) is 0 Å². The van der Waals surface area contributed by atoms with E-state index in [2.05, 4.69) is 39.0 Å². The summed E-state index contributed by atoms with van der Waals surface area (Å²) in [5.41, 5.74) is 10.0. The van der Waals surface area contributed by atoms with E-state index < -0.39 is 0 Å². The van der Waals surface area contributed by atoms with Gasteiger partial charge in [-0.2, -0.15) is 0 Å². The minimum atomic E-state index is 0.306. The van der Waals surface area contributed by atoms with Crippen LogP contribution in [0, 0.1) is 13.8 Å². The van der Waals surface area contributed by atoms with E-state index in [1.54, 1.807) is 0 Å². The molecule has 0 radical (unpaired) electrons. The molecule has 13 heavy (non-hydrogen) atoms. The molecule has 1 nitrogen and oxygen atoms in total. The molecule has 1 rings (SSSR count). The Bertz CT molecular complexity index is 278. The summed E-state index contributed by atoms with van der Waals surface area (Å²) in [6, 6.07) is 6.87. The summed E-state index contributed by atoms with van der Waals surface area (Å²) in [4.78, 5) is 0. The fraction of sp³-hybridized carbons (Fsp3) is 0.500. The Morgan fingerprint density at radius 2 is 2.00 bits per heavy atom. The number of benzene rings is 1. The van der Waals surface area contributed by atoms with Crippen LogP contribution in [0.5, 0.6) is 0 Å². The van der Waals surface area contributed by atoms with Crippen LogP contribution in [0.3, 0.4) is 0 Å². The van der Waals surface area contributed by atoms with Crippen molar-refractivity contribution in [2.75, 3.05) is 0 Å². The first-order chi connectivity index (χ1) is 6.13. The van der Waals surface area contributed by atoms with Gasteiger partial charge in [0, 0.05) is 6.04 Å². The molecule has 0 aliphatic carbocycles. The van der Waals surface area contributed by atoms with Gasteiger partial charge in [0.15, 0.2) is 0 Å². The molecule has 0 fully saturated rings. The molecule has 0 aromatic heterocycles. The van der Waals surface area contributed by atoms with Crippen molar-refractivity contribution in [1.82, 2.24) is 0 Å². The van der Waals surface area contributed by atoms with Gasteiger partial charge in [-0.25, -0.2) is 0 Å². The first-order valence-corrected chi connectivity index (χ1v) is 4.95. The van der Waals surface area contributed by atoms with Crippen molar-refractivity contribution < 1.29 is 0 Å². The topological polar surface area (TPSA) is 26.0 Å². The standard InChI is InChI=1S/C12H19N/c1-4-12(13)8-11-7-9(2)5-6-10(11)3/h5-7,12H,4,8,13H2,1-3H3/t12-/m1/s1. The second kappa shape index (κ2) is 4.43. The van der Waals surface area contributed by atoms with Gasteiger partial charge >= 0.3 is 0 Å². The largest absolute Gasteiger partial charge is 0.327 e. The van der Waals surface area contributed by atoms with Crippen molar-refractivity contribution in [2.45, 2.75) is 39.7 Å². The predicted octanol–water partition coefficient (Wildman–Crippen LogP) is 2.58. The molecule has 1 aromatic carbocycles. The second-order valence-electron chi connectivity index (χ2n) is 3.80. The molecule has 0 aliphatic rings. The van der Waals surface area contributed by atoms with Gasteiger partial charge in [-0.05, 0) is 37.8 Å². The number of nitrogens with two attached hydrogens (primary N) is 1. The summed E-state index contributed by atoms with van der Waals surface area (Å²) in [6.45, 7) is 6.41. The van der Waals surface area contributed by atoms with Crippen LogP contribution in [0.4, 0.5) is 0 Å². The van der Waals surface area contributed by atoms with Crippen molar-refractivity contribution >= 4 is 0 Å². The Kier molecular flexibility index (Phi) is 3.49. The predicted molar refractivity (Wildman–Crippen MR) is 57.9 cm³/mol. The first-order valence-electron chi connectivity index (χ1n) is 4.95. The quantitative estimate of drug-likeness (QED) is 0.754. The molecule has 2 N–H and O–H groups in total. The number of hydrogen-bond acceptors (Lipinski definition) is 1. The molecule has 0 amide bonds. The highest BCUT2D eigenvalue weighted by Gasteiger charge is 2.03. The summed E-state index contributed by atoms with van der Waals surface area (Å²) in [5.74, 6) is 0. The van der Waals surface area contributed by atoms with Crippen LogP contribution in [-0.4, -0.2) is 6.04 Å². The van der Waals surface area contributed by atoms with E-state index in [1.165, 1.54) is 16.7 Å². The minimum Gasteiger partial charge on any atom is -0.327 e. The molecule has 72 valence electrons. The average molecular weight is 177 g/mol. The third-order valence-corrected chi connectivity index (χ3v) is 2.51. The van der Waals surface area contributed by atoms with Gasteiger partial charge in [0.1, 0.15) is 0 Å². The Hall–Kier alpha value is -0.820. The van der Waals surface area contributed by atoms with Crippen LogP contribution in [0.2, 0.25) is 0 Å². The summed E-state index contributed by atoms with van der Waals surface area (Å²) in [6.07, 6.45) is 2.05. The van der Waals surface area contributed by atoms with Crippen LogP contribution in [0.25, 0.3) is 0 Å². The van der Waals surface area contributed by atoms with Crippen molar-refractivity contribution in [1.29, 1.82) is 0 Å². The number of rotatable bonds is 3. The molecule has 1 atom stereocenters. The van der Waals surface area contributed by atoms with E-state index in [0.29, 0.717) is 6.04 Å². The highest BCUT2D eigenvalue weighted by Crippen LogP contribution is 2.12. The lowest BCUT2D eigenvalue weighted by Gasteiger charge is -2.11. The molecule has 0 aliphatic heterocycles. The fourth-order valence-corrected chi connectivity index (χ4v) is 1.45. The Labute approximate surface area is 81.0 Å². The Balaban J connectivity index is 2.81. The van der Waals surface area contributed by atoms with E-state index in [0.717, 1.165) is 12.8 Å². The Morgan fingerprint density at radius 3 is 2.62 bits per heavy atom. The third-order valence-electron chi connectivity index (χ3n) is 2.51. The number of aryl methyl sites for hydroxylation is 2. The van der Waals surface area contributed by atoms with E-state index in [1.807, 2.05) is 0 Å². The van der Waals surface area contributed by atoms with E-state index >= 15 is 0 Å². The molecule has 0 saturated carbocycles.